The van der Waals surface area contributed by atoms with Crippen LogP contribution in [-0.4, -0.2) is 29.9 Å². The van der Waals surface area contributed by atoms with E-state index in [0.29, 0.717) is 27.9 Å². The lowest BCUT2D eigenvalue weighted by atomic mass is 10.1. The molecule has 0 bridgehead atoms. The minimum absolute atomic E-state index is 0.231. The Hall–Kier alpha value is -1.40. The van der Waals surface area contributed by atoms with Crippen molar-refractivity contribution in [3.63, 3.8) is 0 Å². The van der Waals surface area contributed by atoms with E-state index in [2.05, 4.69) is 10.6 Å². The summed E-state index contributed by atoms with van der Waals surface area (Å²) < 4.78 is 0. The van der Waals surface area contributed by atoms with Gasteiger partial charge in [0.1, 0.15) is 6.04 Å². The highest BCUT2D eigenvalue weighted by Crippen LogP contribution is 2.24. The Morgan fingerprint density at radius 3 is 2.52 bits per heavy atom. The third kappa shape index (κ3) is 6.04. The van der Waals surface area contributed by atoms with Gasteiger partial charge in [-0.1, -0.05) is 40.9 Å². The molecule has 2 aromatic rings. The second kappa shape index (κ2) is 10.2. The first kappa shape index (κ1) is 21.9. The van der Waals surface area contributed by atoms with Crippen molar-refractivity contribution in [2.75, 3.05) is 17.3 Å². The van der Waals surface area contributed by atoms with E-state index in [1.807, 2.05) is 13.2 Å². The van der Waals surface area contributed by atoms with Gasteiger partial charge in [0, 0.05) is 15.7 Å². The number of carbonyl (C=O) groups excluding carboxylic acids is 2. The molecule has 0 aromatic heterocycles. The van der Waals surface area contributed by atoms with Crippen LogP contribution in [0.25, 0.3) is 0 Å². The molecule has 2 N–H and O–H groups in total. The fourth-order valence-electron chi connectivity index (χ4n) is 2.38. The monoisotopic (exact) mass is 444 g/mol. The molecule has 0 saturated carbocycles. The summed E-state index contributed by atoms with van der Waals surface area (Å²) in [6, 6.07) is 9.16. The van der Waals surface area contributed by atoms with Crippen LogP contribution in [0.1, 0.15) is 22.3 Å². The number of halogens is 3. The summed E-state index contributed by atoms with van der Waals surface area (Å²) in [6.45, 7) is 1.82. The Labute approximate surface area is 177 Å². The van der Waals surface area contributed by atoms with Crippen LogP contribution < -0.4 is 10.6 Å². The molecule has 2 aromatic carbocycles. The van der Waals surface area contributed by atoms with Gasteiger partial charge >= 0.3 is 0 Å². The third-order valence-corrected chi connectivity index (χ3v) is 5.54. The van der Waals surface area contributed by atoms with Crippen molar-refractivity contribution in [2.45, 2.75) is 19.4 Å². The van der Waals surface area contributed by atoms with E-state index in [4.69, 9.17) is 34.8 Å². The van der Waals surface area contributed by atoms with Crippen LogP contribution in [0.5, 0.6) is 0 Å². The number of anilines is 1. The van der Waals surface area contributed by atoms with E-state index in [1.165, 1.54) is 12.1 Å². The molecule has 1 atom stereocenters. The van der Waals surface area contributed by atoms with Crippen molar-refractivity contribution in [1.29, 1.82) is 0 Å². The van der Waals surface area contributed by atoms with Crippen LogP contribution >= 0.6 is 46.6 Å². The van der Waals surface area contributed by atoms with Crippen LogP contribution in [0.15, 0.2) is 36.4 Å². The predicted molar refractivity (Wildman–Crippen MR) is 116 cm³/mol. The smallest absolute Gasteiger partial charge is 0.253 e. The fourth-order valence-corrected chi connectivity index (χ4v) is 3.52. The van der Waals surface area contributed by atoms with Crippen LogP contribution in [0.4, 0.5) is 5.69 Å². The Morgan fingerprint density at radius 1 is 1.11 bits per heavy atom. The van der Waals surface area contributed by atoms with Crippen LogP contribution in [0.2, 0.25) is 15.1 Å². The molecule has 0 aliphatic heterocycles. The molecule has 0 fully saturated rings. The summed E-state index contributed by atoms with van der Waals surface area (Å²) in [6.07, 6.45) is 2.41. The number of hydrogen-bond donors (Lipinski definition) is 2. The van der Waals surface area contributed by atoms with Gasteiger partial charge in [0.25, 0.3) is 5.91 Å². The summed E-state index contributed by atoms with van der Waals surface area (Å²) in [5.74, 6) is -0.0325. The molecular weight excluding hydrogens is 427 g/mol. The molecule has 0 heterocycles. The van der Waals surface area contributed by atoms with Gasteiger partial charge in [-0.2, -0.15) is 11.8 Å². The minimum atomic E-state index is -0.713. The van der Waals surface area contributed by atoms with Crippen molar-refractivity contribution in [2.24, 2.45) is 0 Å². The average Bonchev–Trinajstić information content (AvgIpc) is 2.62. The quantitative estimate of drug-likeness (QED) is 0.596. The summed E-state index contributed by atoms with van der Waals surface area (Å²) in [5, 5.41) is 6.82. The molecule has 144 valence electrons. The molecule has 2 amide bonds. The predicted octanol–water partition coefficient (Wildman–Crippen LogP) is 5.45. The zero-order valence-corrected chi connectivity index (χ0v) is 17.9. The van der Waals surface area contributed by atoms with E-state index in [0.717, 1.165) is 5.56 Å². The Morgan fingerprint density at radius 2 is 1.85 bits per heavy atom. The van der Waals surface area contributed by atoms with E-state index in [1.54, 1.807) is 36.0 Å². The van der Waals surface area contributed by atoms with Gasteiger partial charge in [0.05, 0.1) is 10.6 Å². The highest BCUT2D eigenvalue weighted by Gasteiger charge is 2.23. The molecule has 0 aliphatic carbocycles. The number of nitrogens with one attached hydrogen (secondary N) is 2. The van der Waals surface area contributed by atoms with Crippen molar-refractivity contribution < 1.29 is 9.59 Å². The van der Waals surface area contributed by atoms with Gasteiger partial charge in [-0.15, -0.1) is 0 Å². The molecule has 4 nitrogen and oxygen atoms in total. The molecule has 1 unspecified atom stereocenters. The van der Waals surface area contributed by atoms with Crippen molar-refractivity contribution in [3.8, 4) is 0 Å². The van der Waals surface area contributed by atoms with Crippen LogP contribution in [-0.2, 0) is 4.79 Å². The normalized spacial score (nSPS) is 11.7. The Balaban J connectivity index is 2.17. The standard InChI is InChI=1S/C19H19Cl3N2O2S/c1-11-14(21)4-3-5-16(11)23-19(26)17(8-9-27-2)24-18(25)13-7-6-12(20)10-15(13)22/h3-7,10,17H,8-9H2,1-2H3,(H,23,26)(H,24,25). The Kier molecular flexibility index (Phi) is 8.29. The molecular formula is C19H19Cl3N2O2S. The lowest BCUT2D eigenvalue weighted by molar-refractivity contribution is -0.118. The SMILES string of the molecule is CSCCC(NC(=O)c1ccc(Cl)cc1Cl)C(=O)Nc1cccc(Cl)c1C. The van der Waals surface area contributed by atoms with E-state index < -0.39 is 11.9 Å². The van der Waals surface area contributed by atoms with E-state index in [-0.39, 0.29) is 16.5 Å². The third-order valence-electron chi connectivity index (χ3n) is 3.93. The maximum atomic E-state index is 12.8. The van der Waals surface area contributed by atoms with Crippen LogP contribution in [0.3, 0.4) is 0 Å². The first-order valence-electron chi connectivity index (χ1n) is 8.14. The summed E-state index contributed by atoms with van der Waals surface area (Å²) >= 11 is 19.7. The number of benzene rings is 2. The number of amides is 2. The number of thioether (sulfide) groups is 1. The van der Waals surface area contributed by atoms with Crippen molar-refractivity contribution >= 4 is 64.1 Å². The second-order valence-electron chi connectivity index (χ2n) is 5.83. The van der Waals surface area contributed by atoms with Crippen LogP contribution in [0, 0.1) is 6.92 Å². The van der Waals surface area contributed by atoms with Gasteiger partial charge in [-0.25, -0.2) is 0 Å². The summed E-state index contributed by atoms with van der Waals surface area (Å²) in [4.78, 5) is 25.3. The second-order valence-corrected chi connectivity index (χ2v) is 8.07. The largest absolute Gasteiger partial charge is 0.340 e. The molecule has 8 heteroatoms. The molecule has 0 saturated heterocycles. The number of carbonyl (C=O) groups is 2. The number of rotatable bonds is 7. The van der Waals surface area contributed by atoms with Crippen molar-refractivity contribution in [3.05, 3.63) is 62.6 Å². The summed E-state index contributed by atoms with van der Waals surface area (Å²) in [5.41, 5.74) is 1.64. The maximum Gasteiger partial charge on any atom is 0.253 e. The van der Waals surface area contributed by atoms with Crippen molar-refractivity contribution in [1.82, 2.24) is 5.32 Å². The van der Waals surface area contributed by atoms with E-state index >= 15 is 0 Å². The number of hydrogen-bond acceptors (Lipinski definition) is 3. The maximum absolute atomic E-state index is 12.8. The summed E-state index contributed by atoms with van der Waals surface area (Å²) in [7, 11) is 0. The van der Waals surface area contributed by atoms with E-state index in [9.17, 15) is 9.59 Å². The first-order valence-corrected chi connectivity index (χ1v) is 10.7. The lowest BCUT2D eigenvalue weighted by Crippen LogP contribution is -2.44. The topological polar surface area (TPSA) is 58.2 Å². The lowest BCUT2D eigenvalue weighted by Gasteiger charge is -2.19. The zero-order chi connectivity index (χ0) is 20.0. The molecule has 27 heavy (non-hydrogen) atoms. The fraction of sp³-hybridized carbons (Fsp3) is 0.263. The highest BCUT2D eigenvalue weighted by molar-refractivity contribution is 7.98. The van der Waals surface area contributed by atoms with Gasteiger partial charge < -0.3 is 10.6 Å². The molecule has 0 aliphatic rings. The van der Waals surface area contributed by atoms with Gasteiger partial charge in [0.2, 0.25) is 5.91 Å². The van der Waals surface area contributed by atoms with Gasteiger partial charge in [0.15, 0.2) is 0 Å². The Bertz CT molecular complexity index is 846. The first-order chi connectivity index (χ1) is 12.8. The molecule has 0 spiro atoms. The minimum Gasteiger partial charge on any atom is -0.340 e. The zero-order valence-electron chi connectivity index (χ0n) is 14.8. The molecule has 0 radical (unpaired) electrons. The highest BCUT2D eigenvalue weighted by atomic mass is 35.5. The average molecular weight is 446 g/mol. The van der Waals surface area contributed by atoms with Gasteiger partial charge in [-0.05, 0) is 61.2 Å². The molecule has 2 rings (SSSR count). The van der Waals surface area contributed by atoms with Gasteiger partial charge in [-0.3, -0.25) is 9.59 Å².